The van der Waals surface area contributed by atoms with Crippen molar-refractivity contribution in [3.8, 4) is 0 Å². The molecule has 0 radical (unpaired) electrons. The Balaban J connectivity index is 1.84. The highest BCUT2D eigenvalue weighted by molar-refractivity contribution is 9.11. The van der Waals surface area contributed by atoms with Crippen molar-refractivity contribution >= 4 is 43.1 Å². The number of pyridine rings is 1. The Bertz CT molecular complexity index is 722. The van der Waals surface area contributed by atoms with Crippen molar-refractivity contribution in [2.45, 2.75) is 6.54 Å². The Kier molecular flexibility index (Phi) is 3.57. The van der Waals surface area contributed by atoms with E-state index in [0.717, 1.165) is 26.7 Å². The van der Waals surface area contributed by atoms with Crippen LogP contribution in [-0.4, -0.2) is 9.61 Å². The van der Waals surface area contributed by atoms with Gasteiger partial charge in [0.15, 0.2) is 0 Å². The Morgan fingerprint density at radius 2 is 2.05 bits per heavy atom. The van der Waals surface area contributed by atoms with E-state index < -0.39 is 0 Å². The lowest BCUT2D eigenvalue weighted by Crippen LogP contribution is -1.99. The maximum absolute atomic E-state index is 4.33. The van der Waals surface area contributed by atoms with Crippen molar-refractivity contribution in [3.63, 3.8) is 0 Å². The summed E-state index contributed by atoms with van der Waals surface area (Å²) in [6, 6.07) is 12.1. The minimum atomic E-state index is 0.739. The van der Waals surface area contributed by atoms with E-state index in [9.17, 15) is 0 Å². The molecule has 0 atom stereocenters. The number of nitrogens with zero attached hydrogens (tertiary/aromatic N) is 2. The molecule has 0 saturated carbocycles. The fourth-order valence-electron chi connectivity index (χ4n) is 1.95. The van der Waals surface area contributed by atoms with E-state index >= 15 is 0 Å². The zero-order valence-corrected chi connectivity index (χ0v) is 13.1. The van der Waals surface area contributed by atoms with Gasteiger partial charge in [-0.3, -0.25) is 0 Å². The Labute approximate surface area is 127 Å². The molecule has 3 nitrogen and oxygen atoms in total. The van der Waals surface area contributed by atoms with E-state index in [0.29, 0.717) is 0 Å². The van der Waals surface area contributed by atoms with Crippen LogP contribution in [0.2, 0.25) is 0 Å². The average molecular weight is 381 g/mol. The van der Waals surface area contributed by atoms with Gasteiger partial charge in [-0.2, -0.15) is 5.10 Å². The summed E-state index contributed by atoms with van der Waals surface area (Å²) < 4.78 is 3.98. The van der Waals surface area contributed by atoms with Crippen LogP contribution >= 0.6 is 31.9 Å². The molecule has 0 saturated heterocycles. The molecule has 96 valence electrons. The van der Waals surface area contributed by atoms with Crippen molar-refractivity contribution in [2.75, 3.05) is 5.32 Å². The highest BCUT2D eigenvalue weighted by atomic mass is 79.9. The lowest BCUT2D eigenvalue weighted by molar-refractivity contribution is 0.961. The number of fused-ring (bicyclic) bond motifs is 1. The molecule has 3 aromatic rings. The smallest absolute Gasteiger partial charge is 0.0711 e. The van der Waals surface area contributed by atoms with E-state index in [2.05, 4.69) is 54.4 Å². The fourth-order valence-corrected chi connectivity index (χ4v) is 2.69. The van der Waals surface area contributed by atoms with Crippen LogP contribution in [0.3, 0.4) is 0 Å². The van der Waals surface area contributed by atoms with E-state index in [1.807, 2.05) is 41.2 Å². The summed E-state index contributed by atoms with van der Waals surface area (Å²) in [5.41, 5.74) is 3.36. The molecule has 0 spiro atoms. The number of nitrogens with one attached hydrogen (secondary N) is 1. The Morgan fingerprint density at radius 3 is 2.95 bits per heavy atom. The first-order chi connectivity index (χ1) is 9.24. The van der Waals surface area contributed by atoms with Gasteiger partial charge in [-0.25, -0.2) is 4.52 Å². The summed E-state index contributed by atoms with van der Waals surface area (Å²) in [6.07, 6.45) is 3.85. The second-order valence-electron chi connectivity index (χ2n) is 4.18. The standard InChI is InChI=1S/C14H11Br2N3/c15-11-4-5-12(16)13(7-11)17-8-10-9-18-19-6-2-1-3-14(10)19/h1-7,9,17H,8H2. The van der Waals surface area contributed by atoms with Crippen LogP contribution in [0.5, 0.6) is 0 Å². The van der Waals surface area contributed by atoms with Gasteiger partial charge >= 0.3 is 0 Å². The van der Waals surface area contributed by atoms with Crippen molar-refractivity contribution in [1.29, 1.82) is 0 Å². The third-order valence-corrected chi connectivity index (χ3v) is 4.09. The molecular formula is C14H11Br2N3. The molecule has 2 heterocycles. The van der Waals surface area contributed by atoms with Crippen LogP contribution in [0.1, 0.15) is 5.56 Å². The minimum Gasteiger partial charge on any atom is -0.380 e. The summed E-state index contributed by atoms with van der Waals surface area (Å²) >= 11 is 7.02. The predicted molar refractivity (Wildman–Crippen MR) is 84.4 cm³/mol. The molecule has 1 aromatic carbocycles. The van der Waals surface area contributed by atoms with Crippen molar-refractivity contribution in [1.82, 2.24) is 9.61 Å². The molecule has 0 aliphatic carbocycles. The van der Waals surface area contributed by atoms with E-state index in [1.54, 1.807) is 0 Å². The number of aromatic nitrogens is 2. The average Bonchev–Trinajstić information content (AvgIpc) is 2.83. The monoisotopic (exact) mass is 379 g/mol. The Hall–Kier alpha value is -1.33. The van der Waals surface area contributed by atoms with Gasteiger partial charge in [-0.1, -0.05) is 22.0 Å². The third-order valence-electron chi connectivity index (χ3n) is 2.90. The number of hydrogen-bond donors (Lipinski definition) is 1. The van der Waals surface area contributed by atoms with E-state index in [-0.39, 0.29) is 0 Å². The first kappa shape index (κ1) is 12.7. The molecule has 0 aliphatic rings. The van der Waals surface area contributed by atoms with Crippen LogP contribution in [0, 0.1) is 0 Å². The molecule has 0 amide bonds. The molecule has 0 unspecified atom stereocenters. The zero-order valence-electron chi connectivity index (χ0n) is 9.98. The molecule has 19 heavy (non-hydrogen) atoms. The van der Waals surface area contributed by atoms with Crippen molar-refractivity contribution in [3.05, 3.63) is 63.3 Å². The predicted octanol–water partition coefficient (Wildman–Crippen LogP) is 4.47. The van der Waals surface area contributed by atoms with Gasteiger partial charge in [-0.15, -0.1) is 0 Å². The molecule has 5 heteroatoms. The van der Waals surface area contributed by atoms with Gasteiger partial charge in [0.2, 0.25) is 0 Å². The molecule has 0 fully saturated rings. The molecule has 3 rings (SSSR count). The van der Waals surface area contributed by atoms with Gasteiger partial charge < -0.3 is 5.32 Å². The van der Waals surface area contributed by atoms with Crippen LogP contribution in [0.15, 0.2) is 57.7 Å². The zero-order chi connectivity index (χ0) is 13.2. The van der Waals surface area contributed by atoms with Crippen LogP contribution < -0.4 is 5.32 Å². The molecule has 1 N–H and O–H groups in total. The van der Waals surface area contributed by atoms with Crippen LogP contribution in [0.25, 0.3) is 5.52 Å². The second kappa shape index (κ2) is 5.35. The number of anilines is 1. The molecule has 0 bridgehead atoms. The summed E-state index contributed by atoms with van der Waals surface area (Å²) in [4.78, 5) is 0. The van der Waals surface area contributed by atoms with Crippen LogP contribution in [-0.2, 0) is 6.54 Å². The van der Waals surface area contributed by atoms with E-state index in [1.165, 1.54) is 5.56 Å². The van der Waals surface area contributed by atoms with Gasteiger partial charge in [-0.05, 0) is 46.3 Å². The summed E-state index contributed by atoms with van der Waals surface area (Å²) in [7, 11) is 0. The molecule has 2 aromatic heterocycles. The minimum absolute atomic E-state index is 0.739. The number of hydrogen-bond acceptors (Lipinski definition) is 2. The topological polar surface area (TPSA) is 29.3 Å². The normalized spacial score (nSPS) is 10.8. The van der Waals surface area contributed by atoms with Gasteiger partial charge in [0, 0.05) is 32.9 Å². The SMILES string of the molecule is Brc1ccc(Br)c(NCc2cnn3ccccc23)c1. The summed E-state index contributed by atoms with van der Waals surface area (Å²) in [6.45, 7) is 0.739. The summed E-state index contributed by atoms with van der Waals surface area (Å²) in [5.74, 6) is 0. The third kappa shape index (κ3) is 2.67. The number of benzene rings is 1. The first-order valence-corrected chi connectivity index (χ1v) is 7.43. The second-order valence-corrected chi connectivity index (χ2v) is 5.95. The Morgan fingerprint density at radius 1 is 1.16 bits per heavy atom. The van der Waals surface area contributed by atoms with Crippen LogP contribution in [0.4, 0.5) is 5.69 Å². The number of rotatable bonds is 3. The van der Waals surface area contributed by atoms with Gasteiger partial charge in [0.1, 0.15) is 0 Å². The fraction of sp³-hybridized carbons (Fsp3) is 0.0714. The lowest BCUT2D eigenvalue weighted by Gasteiger charge is -2.08. The van der Waals surface area contributed by atoms with Gasteiger partial charge in [0.05, 0.1) is 11.7 Å². The maximum Gasteiger partial charge on any atom is 0.0711 e. The highest BCUT2D eigenvalue weighted by Crippen LogP contribution is 2.26. The van der Waals surface area contributed by atoms with Crippen molar-refractivity contribution < 1.29 is 0 Å². The molecule has 0 aliphatic heterocycles. The largest absolute Gasteiger partial charge is 0.380 e. The highest BCUT2D eigenvalue weighted by Gasteiger charge is 2.05. The number of halogens is 2. The van der Waals surface area contributed by atoms with E-state index in [4.69, 9.17) is 0 Å². The summed E-state index contributed by atoms with van der Waals surface area (Å²) in [5, 5.41) is 7.74. The lowest BCUT2D eigenvalue weighted by atomic mass is 10.2. The first-order valence-electron chi connectivity index (χ1n) is 5.84. The molecular weight excluding hydrogens is 370 g/mol. The maximum atomic E-state index is 4.33. The van der Waals surface area contributed by atoms with Crippen molar-refractivity contribution in [2.24, 2.45) is 0 Å². The van der Waals surface area contributed by atoms with Gasteiger partial charge in [0.25, 0.3) is 0 Å². The quantitative estimate of drug-likeness (QED) is 0.726.